The lowest BCUT2D eigenvalue weighted by Gasteiger charge is -2.13. The second-order valence-electron chi connectivity index (χ2n) is 3.48. The lowest BCUT2D eigenvalue weighted by Crippen LogP contribution is -2.42. The molecule has 0 heterocycles. The second-order valence-corrected chi connectivity index (χ2v) is 3.48. The summed E-state index contributed by atoms with van der Waals surface area (Å²) in [5.41, 5.74) is 5.26. The van der Waals surface area contributed by atoms with Gasteiger partial charge in [-0.1, -0.05) is 0 Å². The fourth-order valence-electron chi connectivity index (χ4n) is 1.15. The van der Waals surface area contributed by atoms with Crippen LogP contribution < -0.4 is 11.1 Å². The molecular formula is C10H18N2O5. The molecule has 1 amide bonds. The molecule has 1 atom stereocenters. The topological polar surface area (TPSA) is 119 Å². The van der Waals surface area contributed by atoms with Crippen molar-refractivity contribution in [2.45, 2.75) is 31.7 Å². The molecule has 0 saturated heterocycles. The SMILES string of the molecule is COC(=O)C[C@H](NC(=O)CCCCN)C(=O)O. The minimum atomic E-state index is -1.26. The number of ether oxygens (including phenoxy) is 1. The summed E-state index contributed by atoms with van der Waals surface area (Å²) >= 11 is 0. The van der Waals surface area contributed by atoms with Crippen molar-refractivity contribution in [3.05, 3.63) is 0 Å². The zero-order chi connectivity index (χ0) is 13.3. The average Bonchev–Trinajstić information content (AvgIpc) is 2.28. The summed E-state index contributed by atoms with van der Waals surface area (Å²) < 4.78 is 4.34. The van der Waals surface area contributed by atoms with E-state index in [9.17, 15) is 14.4 Å². The maximum absolute atomic E-state index is 11.3. The zero-order valence-electron chi connectivity index (χ0n) is 9.77. The molecule has 98 valence electrons. The number of methoxy groups -OCH3 is 1. The molecule has 7 nitrogen and oxygen atoms in total. The van der Waals surface area contributed by atoms with Crippen molar-refractivity contribution >= 4 is 17.8 Å². The van der Waals surface area contributed by atoms with Gasteiger partial charge < -0.3 is 20.9 Å². The lowest BCUT2D eigenvalue weighted by molar-refractivity contribution is -0.148. The van der Waals surface area contributed by atoms with E-state index in [2.05, 4.69) is 10.1 Å². The molecule has 17 heavy (non-hydrogen) atoms. The number of rotatable bonds is 8. The highest BCUT2D eigenvalue weighted by molar-refractivity contribution is 5.87. The molecule has 0 fully saturated rings. The van der Waals surface area contributed by atoms with Gasteiger partial charge in [-0.3, -0.25) is 9.59 Å². The van der Waals surface area contributed by atoms with Crippen molar-refractivity contribution in [1.29, 1.82) is 0 Å². The van der Waals surface area contributed by atoms with Crippen molar-refractivity contribution in [2.24, 2.45) is 5.73 Å². The number of unbranched alkanes of at least 4 members (excludes halogenated alkanes) is 1. The summed E-state index contributed by atoms with van der Waals surface area (Å²) in [6, 6.07) is -1.24. The average molecular weight is 246 g/mol. The molecule has 0 aromatic rings. The molecule has 0 spiro atoms. The normalized spacial score (nSPS) is 11.6. The van der Waals surface area contributed by atoms with E-state index in [1.54, 1.807) is 0 Å². The summed E-state index contributed by atoms with van der Waals surface area (Å²) in [4.78, 5) is 33.0. The van der Waals surface area contributed by atoms with E-state index in [1.807, 2.05) is 0 Å². The van der Waals surface area contributed by atoms with E-state index in [0.29, 0.717) is 19.4 Å². The highest BCUT2D eigenvalue weighted by Crippen LogP contribution is 1.98. The molecule has 0 saturated carbocycles. The van der Waals surface area contributed by atoms with Crippen molar-refractivity contribution in [2.75, 3.05) is 13.7 Å². The summed E-state index contributed by atoms with van der Waals surface area (Å²) in [6.45, 7) is 0.484. The standard InChI is InChI=1S/C10H18N2O5/c1-17-9(14)6-7(10(15)16)12-8(13)4-2-3-5-11/h7H,2-6,11H2,1H3,(H,12,13)(H,15,16)/t7-/m0/s1. The Morgan fingerprint density at radius 1 is 1.35 bits per heavy atom. The Balaban J connectivity index is 4.11. The Hall–Kier alpha value is -1.63. The Labute approximate surface area is 99.3 Å². The van der Waals surface area contributed by atoms with Crippen LogP contribution >= 0.6 is 0 Å². The van der Waals surface area contributed by atoms with Gasteiger partial charge in [-0.15, -0.1) is 0 Å². The number of hydrogen-bond acceptors (Lipinski definition) is 5. The first-order valence-corrected chi connectivity index (χ1v) is 5.30. The van der Waals surface area contributed by atoms with Crippen molar-refractivity contribution in [3.63, 3.8) is 0 Å². The molecule has 0 unspecified atom stereocenters. The van der Waals surface area contributed by atoms with Crippen LogP contribution in [0.4, 0.5) is 0 Å². The zero-order valence-corrected chi connectivity index (χ0v) is 9.77. The highest BCUT2D eigenvalue weighted by atomic mass is 16.5. The molecular weight excluding hydrogens is 228 g/mol. The van der Waals surface area contributed by atoms with Gasteiger partial charge in [-0.05, 0) is 19.4 Å². The third-order valence-electron chi connectivity index (χ3n) is 2.09. The quantitative estimate of drug-likeness (QED) is 0.383. The first kappa shape index (κ1) is 15.4. The third kappa shape index (κ3) is 7.29. The van der Waals surface area contributed by atoms with Crippen LogP contribution in [0.1, 0.15) is 25.7 Å². The molecule has 0 aromatic carbocycles. The van der Waals surface area contributed by atoms with E-state index in [4.69, 9.17) is 10.8 Å². The summed E-state index contributed by atoms with van der Waals surface area (Å²) in [6.07, 6.45) is 1.10. The van der Waals surface area contributed by atoms with Crippen LogP contribution in [0, 0.1) is 0 Å². The van der Waals surface area contributed by atoms with E-state index in [1.165, 1.54) is 0 Å². The van der Waals surface area contributed by atoms with Gasteiger partial charge in [0, 0.05) is 6.42 Å². The number of hydrogen-bond donors (Lipinski definition) is 3. The predicted molar refractivity (Wildman–Crippen MR) is 59.1 cm³/mol. The highest BCUT2D eigenvalue weighted by Gasteiger charge is 2.23. The molecule has 7 heteroatoms. The van der Waals surface area contributed by atoms with Gasteiger partial charge in [0.05, 0.1) is 13.5 Å². The lowest BCUT2D eigenvalue weighted by atomic mass is 10.2. The fraction of sp³-hybridized carbons (Fsp3) is 0.700. The molecule has 0 aliphatic carbocycles. The second kappa shape index (κ2) is 8.51. The van der Waals surface area contributed by atoms with Gasteiger partial charge in [0.1, 0.15) is 6.04 Å². The molecule has 0 aliphatic heterocycles. The van der Waals surface area contributed by atoms with Crippen LogP contribution in [0.25, 0.3) is 0 Å². The van der Waals surface area contributed by atoms with Gasteiger partial charge in [-0.2, -0.15) is 0 Å². The van der Waals surface area contributed by atoms with E-state index in [0.717, 1.165) is 7.11 Å². The largest absolute Gasteiger partial charge is 0.480 e. The maximum Gasteiger partial charge on any atom is 0.326 e. The number of amides is 1. The van der Waals surface area contributed by atoms with Crippen LogP contribution in [-0.2, 0) is 19.1 Å². The first-order chi connectivity index (χ1) is 8.01. The summed E-state index contributed by atoms with van der Waals surface area (Å²) in [5.74, 6) is -2.35. The Morgan fingerprint density at radius 3 is 2.47 bits per heavy atom. The van der Waals surface area contributed by atoms with Crippen LogP contribution in [0.15, 0.2) is 0 Å². The van der Waals surface area contributed by atoms with Crippen molar-refractivity contribution < 1.29 is 24.2 Å². The minimum Gasteiger partial charge on any atom is -0.480 e. The molecule has 0 aromatic heterocycles. The van der Waals surface area contributed by atoms with Crippen molar-refractivity contribution in [1.82, 2.24) is 5.32 Å². The number of carbonyl (C=O) groups is 3. The van der Waals surface area contributed by atoms with Crippen molar-refractivity contribution in [3.8, 4) is 0 Å². The maximum atomic E-state index is 11.3. The summed E-state index contributed by atoms with van der Waals surface area (Å²) in [5, 5.41) is 11.1. The molecule has 0 radical (unpaired) electrons. The predicted octanol–water partition coefficient (Wildman–Crippen LogP) is -0.752. The van der Waals surface area contributed by atoms with Crippen LogP contribution in [-0.4, -0.2) is 42.6 Å². The number of carboxylic acids is 1. The smallest absolute Gasteiger partial charge is 0.326 e. The number of nitrogens with two attached hydrogens (primary N) is 1. The van der Waals surface area contributed by atoms with Gasteiger partial charge in [-0.25, -0.2) is 4.79 Å². The first-order valence-electron chi connectivity index (χ1n) is 5.30. The molecule has 0 rings (SSSR count). The molecule has 0 aliphatic rings. The molecule has 0 bridgehead atoms. The molecule has 4 N–H and O–H groups in total. The Bertz CT molecular complexity index is 280. The monoisotopic (exact) mass is 246 g/mol. The Kier molecular flexibility index (Phi) is 7.70. The van der Waals surface area contributed by atoms with Crippen LogP contribution in [0.5, 0.6) is 0 Å². The van der Waals surface area contributed by atoms with E-state index >= 15 is 0 Å². The summed E-state index contributed by atoms with van der Waals surface area (Å²) in [7, 11) is 1.16. The number of nitrogens with one attached hydrogen (secondary N) is 1. The minimum absolute atomic E-state index is 0.197. The third-order valence-corrected chi connectivity index (χ3v) is 2.09. The van der Waals surface area contributed by atoms with E-state index in [-0.39, 0.29) is 12.8 Å². The van der Waals surface area contributed by atoms with Crippen LogP contribution in [0.2, 0.25) is 0 Å². The Morgan fingerprint density at radius 2 is 2.00 bits per heavy atom. The fourth-order valence-corrected chi connectivity index (χ4v) is 1.15. The van der Waals surface area contributed by atoms with Gasteiger partial charge >= 0.3 is 11.9 Å². The number of carbonyl (C=O) groups excluding carboxylic acids is 2. The van der Waals surface area contributed by atoms with Crippen LogP contribution in [0.3, 0.4) is 0 Å². The van der Waals surface area contributed by atoms with Gasteiger partial charge in [0.25, 0.3) is 0 Å². The number of esters is 1. The van der Waals surface area contributed by atoms with E-state index < -0.39 is 23.9 Å². The number of aliphatic carboxylic acids is 1. The van der Waals surface area contributed by atoms with Gasteiger partial charge in [0.2, 0.25) is 5.91 Å². The number of carboxylic acid groups (broad SMARTS) is 1. The van der Waals surface area contributed by atoms with Gasteiger partial charge in [0.15, 0.2) is 0 Å².